The molecule has 78 valence electrons. The van der Waals surface area contributed by atoms with Crippen LogP contribution in [0.1, 0.15) is 30.6 Å². The highest BCUT2D eigenvalue weighted by atomic mass is 15.0. The molecule has 0 saturated heterocycles. The largest absolute Gasteiger partial charge is 0.346 e. The summed E-state index contributed by atoms with van der Waals surface area (Å²) < 4.78 is 0. The van der Waals surface area contributed by atoms with Crippen LogP contribution in [0.5, 0.6) is 0 Å². The van der Waals surface area contributed by atoms with Gasteiger partial charge in [0.2, 0.25) is 0 Å². The van der Waals surface area contributed by atoms with Crippen LogP contribution in [0, 0.1) is 18.3 Å². The fourth-order valence-corrected chi connectivity index (χ4v) is 1.15. The second-order valence-corrected chi connectivity index (χ2v) is 2.77. The van der Waals surface area contributed by atoms with E-state index in [-0.39, 0.29) is 0 Å². The van der Waals surface area contributed by atoms with E-state index in [1.165, 1.54) is 0 Å². The maximum atomic E-state index is 8.39. The number of rotatable bonds is 3. The summed E-state index contributed by atoms with van der Waals surface area (Å²) in [6.07, 6.45) is 2.24. The van der Waals surface area contributed by atoms with E-state index < -0.39 is 0 Å². The molecule has 5 N–H and O–H groups in total. The van der Waals surface area contributed by atoms with E-state index >= 15 is 0 Å². The van der Waals surface area contributed by atoms with Crippen LogP contribution in [0.25, 0.3) is 0 Å². The standard InChI is InChI=1S/C9H13N3.H4N2/c1-3-9-11-7(2)8(12-9)5-4-6-10;1-2/h3-5H2,1-2H3,(H,11,12);1-2H2. The van der Waals surface area contributed by atoms with Crippen molar-refractivity contribution in [3.63, 3.8) is 0 Å². The van der Waals surface area contributed by atoms with Crippen molar-refractivity contribution in [3.8, 4) is 6.07 Å². The zero-order valence-electron chi connectivity index (χ0n) is 8.67. The SMILES string of the molecule is CCc1nc(CCC#N)c(C)[nH]1.NN. The molecule has 14 heavy (non-hydrogen) atoms. The Hall–Kier alpha value is -1.38. The van der Waals surface area contributed by atoms with Crippen LogP contribution in [0.2, 0.25) is 0 Å². The van der Waals surface area contributed by atoms with Crippen LogP contribution in [-0.2, 0) is 12.8 Å². The van der Waals surface area contributed by atoms with E-state index in [2.05, 4.69) is 34.6 Å². The van der Waals surface area contributed by atoms with E-state index in [1.54, 1.807) is 0 Å². The summed E-state index contributed by atoms with van der Waals surface area (Å²) in [5.74, 6) is 9.01. The summed E-state index contributed by atoms with van der Waals surface area (Å²) in [6, 6.07) is 2.12. The van der Waals surface area contributed by atoms with Gasteiger partial charge in [-0.05, 0) is 6.92 Å². The van der Waals surface area contributed by atoms with Crippen molar-refractivity contribution in [1.29, 1.82) is 5.26 Å². The minimum absolute atomic E-state index is 0.550. The highest BCUT2D eigenvalue weighted by molar-refractivity contribution is 5.13. The Kier molecular flexibility index (Phi) is 6.37. The maximum Gasteiger partial charge on any atom is 0.106 e. The lowest BCUT2D eigenvalue weighted by Crippen LogP contribution is -2.02. The van der Waals surface area contributed by atoms with Crippen LogP contribution in [0.15, 0.2) is 0 Å². The number of hydrogen-bond donors (Lipinski definition) is 3. The summed E-state index contributed by atoms with van der Waals surface area (Å²) in [5, 5.41) is 8.39. The topological polar surface area (TPSA) is 105 Å². The maximum absolute atomic E-state index is 8.39. The van der Waals surface area contributed by atoms with Crippen LogP contribution in [0.4, 0.5) is 0 Å². The van der Waals surface area contributed by atoms with Crippen LogP contribution in [0.3, 0.4) is 0 Å². The lowest BCUT2D eigenvalue weighted by molar-refractivity contribution is 0.928. The summed E-state index contributed by atoms with van der Waals surface area (Å²) in [6.45, 7) is 4.06. The Balaban J connectivity index is 0.000000791. The number of aromatic amines is 1. The number of nitrogens with two attached hydrogens (primary N) is 2. The van der Waals surface area contributed by atoms with Crippen molar-refractivity contribution in [2.45, 2.75) is 33.1 Å². The second kappa shape index (κ2) is 7.06. The molecule has 0 aliphatic rings. The molecule has 0 fully saturated rings. The van der Waals surface area contributed by atoms with Gasteiger partial charge < -0.3 is 4.98 Å². The molecule has 0 saturated carbocycles. The fraction of sp³-hybridized carbons (Fsp3) is 0.556. The van der Waals surface area contributed by atoms with Crippen molar-refractivity contribution in [1.82, 2.24) is 9.97 Å². The zero-order chi connectivity index (χ0) is 11.0. The molecule has 0 unspecified atom stereocenters. The van der Waals surface area contributed by atoms with Crippen LogP contribution >= 0.6 is 0 Å². The molecular formula is C9H17N5. The molecule has 0 amide bonds. The zero-order valence-corrected chi connectivity index (χ0v) is 8.67. The highest BCUT2D eigenvalue weighted by Gasteiger charge is 2.03. The summed E-state index contributed by atoms with van der Waals surface area (Å²) in [7, 11) is 0. The third kappa shape index (κ3) is 3.56. The monoisotopic (exact) mass is 195 g/mol. The second-order valence-electron chi connectivity index (χ2n) is 2.77. The van der Waals surface area contributed by atoms with Gasteiger partial charge in [0.05, 0.1) is 11.8 Å². The minimum atomic E-state index is 0.550. The molecular weight excluding hydrogens is 178 g/mol. The molecule has 1 aromatic heterocycles. The quantitative estimate of drug-likeness (QED) is 0.484. The van der Waals surface area contributed by atoms with E-state index in [1.807, 2.05) is 6.92 Å². The number of nitrogens with zero attached hydrogens (tertiary/aromatic N) is 2. The van der Waals surface area contributed by atoms with Gasteiger partial charge in [0.1, 0.15) is 5.82 Å². The summed E-state index contributed by atoms with van der Waals surface area (Å²) in [5.41, 5.74) is 2.13. The Morgan fingerprint density at radius 3 is 2.57 bits per heavy atom. The lowest BCUT2D eigenvalue weighted by atomic mass is 10.2. The summed E-state index contributed by atoms with van der Waals surface area (Å²) >= 11 is 0. The fourth-order valence-electron chi connectivity index (χ4n) is 1.15. The Morgan fingerprint density at radius 1 is 1.50 bits per heavy atom. The van der Waals surface area contributed by atoms with Gasteiger partial charge in [-0.1, -0.05) is 6.92 Å². The van der Waals surface area contributed by atoms with Gasteiger partial charge in [-0.2, -0.15) is 5.26 Å². The first-order chi connectivity index (χ1) is 6.77. The van der Waals surface area contributed by atoms with Gasteiger partial charge in [-0.25, -0.2) is 4.98 Å². The molecule has 1 rings (SSSR count). The lowest BCUT2D eigenvalue weighted by Gasteiger charge is -1.89. The van der Waals surface area contributed by atoms with E-state index in [0.29, 0.717) is 6.42 Å². The smallest absolute Gasteiger partial charge is 0.106 e. The van der Waals surface area contributed by atoms with Gasteiger partial charge in [-0.15, -0.1) is 0 Å². The molecule has 0 aliphatic heterocycles. The molecule has 0 aromatic carbocycles. The highest BCUT2D eigenvalue weighted by Crippen LogP contribution is 2.07. The molecule has 0 bridgehead atoms. The first-order valence-corrected chi connectivity index (χ1v) is 4.52. The van der Waals surface area contributed by atoms with Crippen molar-refractivity contribution < 1.29 is 0 Å². The molecule has 0 aliphatic carbocycles. The number of imidazole rings is 1. The molecule has 5 nitrogen and oxygen atoms in total. The molecule has 0 radical (unpaired) electrons. The van der Waals surface area contributed by atoms with Crippen LogP contribution in [-0.4, -0.2) is 9.97 Å². The normalized spacial score (nSPS) is 8.79. The van der Waals surface area contributed by atoms with Gasteiger partial charge in [0.25, 0.3) is 0 Å². The average Bonchev–Trinajstić information content (AvgIpc) is 2.59. The molecule has 1 heterocycles. The van der Waals surface area contributed by atoms with Crippen molar-refractivity contribution in [2.24, 2.45) is 11.7 Å². The van der Waals surface area contributed by atoms with E-state index in [0.717, 1.165) is 30.1 Å². The van der Waals surface area contributed by atoms with Gasteiger partial charge in [0, 0.05) is 25.0 Å². The summed E-state index contributed by atoms with van der Waals surface area (Å²) in [4.78, 5) is 7.54. The number of nitriles is 1. The molecule has 1 aromatic rings. The van der Waals surface area contributed by atoms with Crippen molar-refractivity contribution in [3.05, 3.63) is 17.2 Å². The molecule has 0 spiro atoms. The first-order valence-electron chi connectivity index (χ1n) is 4.52. The number of hydrazine groups is 1. The predicted molar refractivity (Wildman–Crippen MR) is 55.0 cm³/mol. The Bertz CT molecular complexity index is 297. The minimum Gasteiger partial charge on any atom is -0.346 e. The number of H-pyrrole nitrogens is 1. The predicted octanol–water partition coefficient (Wildman–Crippen LogP) is 0.556. The van der Waals surface area contributed by atoms with E-state index in [4.69, 9.17) is 5.26 Å². The Morgan fingerprint density at radius 2 is 2.14 bits per heavy atom. The van der Waals surface area contributed by atoms with E-state index in [9.17, 15) is 0 Å². The van der Waals surface area contributed by atoms with Crippen LogP contribution < -0.4 is 11.7 Å². The first kappa shape index (κ1) is 12.6. The third-order valence-electron chi connectivity index (χ3n) is 1.84. The van der Waals surface area contributed by atoms with Gasteiger partial charge >= 0.3 is 0 Å². The third-order valence-corrected chi connectivity index (χ3v) is 1.84. The number of aryl methyl sites for hydroxylation is 3. The molecule has 0 atom stereocenters. The average molecular weight is 195 g/mol. The number of aromatic nitrogens is 2. The van der Waals surface area contributed by atoms with Gasteiger partial charge in [-0.3, -0.25) is 11.7 Å². The van der Waals surface area contributed by atoms with Crippen molar-refractivity contribution >= 4 is 0 Å². The van der Waals surface area contributed by atoms with Gasteiger partial charge in [0.15, 0.2) is 0 Å². The molecule has 5 heteroatoms. The number of hydrogen-bond acceptors (Lipinski definition) is 4. The Labute approximate surface area is 84.1 Å². The number of nitrogens with one attached hydrogen (secondary N) is 1. The van der Waals surface area contributed by atoms with Crippen molar-refractivity contribution in [2.75, 3.05) is 0 Å².